The van der Waals surface area contributed by atoms with Gasteiger partial charge in [0.2, 0.25) is 0 Å². The monoisotopic (exact) mass is 318 g/mol. The summed E-state index contributed by atoms with van der Waals surface area (Å²) in [6, 6.07) is 16.0. The standard InChI is InChI=1S/C19H18N4O/c1-12(15-9-6-13-4-2-3-5-16(13)10-15)20-23-19(24)18-11-17(21-22-18)14-7-8-14/h2-6,9-11,14,20H,1,7-8H2,(H,21,22)(H,23,24). The van der Waals surface area contributed by atoms with E-state index in [9.17, 15) is 4.79 Å². The summed E-state index contributed by atoms with van der Waals surface area (Å²) < 4.78 is 0. The summed E-state index contributed by atoms with van der Waals surface area (Å²) in [5.74, 6) is 0.264. The fourth-order valence-electron chi connectivity index (χ4n) is 2.70. The van der Waals surface area contributed by atoms with E-state index in [2.05, 4.69) is 33.7 Å². The molecule has 1 aliphatic rings. The lowest BCUT2D eigenvalue weighted by atomic mass is 10.1. The molecule has 120 valence electrons. The van der Waals surface area contributed by atoms with Crippen molar-refractivity contribution in [1.82, 2.24) is 21.0 Å². The molecule has 1 saturated carbocycles. The number of nitrogens with zero attached hydrogens (tertiary/aromatic N) is 1. The van der Waals surface area contributed by atoms with Crippen LogP contribution in [-0.4, -0.2) is 16.1 Å². The molecule has 2 aromatic carbocycles. The van der Waals surface area contributed by atoms with Gasteiger partial charge in [0.15, 0.2) is 5.69 Å². The van der Waals surface area contributed by atoms with Crippen LogP contribution in [0.5, 0.6) is 0 Å². The third-order valence-electron chi connectivity index (χ3n) is 4.27. The Morgan fingerprint density at radius 2 is 1.88 bits per heavy atom. The molecule has 5 nitrogen and oxygen atoms in total. The second-order valence-electron chi connectivity index (χ2n) is 6.10. The van der Waals surface area contributed by atoms with Crippen LogP contribution in [0.2, 0.25) is 0 Å². The molecule has 24 heavy (non-hydrogen) atoms. The lowest BCUT2D eigenvalue weighted by molar-refractivity contribution is 0.0937. The van der Waals surface area contributed by atoms with E-state index in [-0.39, 0.29) is 5.91 Å². The number of nitrogens with one attached hydrogen (secondary N) is 3. The first kappa shape index (κ1) is 14.5. The van der Waals surface area contributed by atoms with E-state index < -0.39 is 0 Å². The normalized spacial score (nSPS) is 13.7. The first-order valence-corrected chi connectivity index (χ1v) is 8.00. The molecule has 0 unspecified atom stereocenters. The van der Waals surface area contributed by atoms with Crippen LogP contribution in [0.15, 0.2) is 55.1 Å². The molecule has 1 aliphatic carbocycles. The van der Waals surface area contributed by atoms with E-state index in [4.69, 9.17) is 0 Å². The molecular formula is C19H18N4O. The maximum Gasteiger partial charge on any atom is 0.290 e. The molecule has 3 aromatic rings. The maximum absolute atomic E-state index is 12.2. The summed E-state index contributed by atoms with van der Waals surface area (Å²) in [7, 11) is 0. The van der Waals surface area contributed by atoms with Crippen LogP contribution < -0.4 is 10.9 Å². The van der Waals surface area contributed by atoms with Gasteiger partial charge in [0.05, 0.1) is 5.70 Å². The zero-order chi connectivity index (χ0) is 16.5. The smallest absolute Gasteiger partial charge is 0.290 e. The van der Waals surface area contributed by atoms with Crippen LogP contribution in [0.25, 0.3) is 16.5 Å². The fraction of sp³-hybridized carbons (Fsp3) is 0.158. The number of aromatic amines is 1. The van der Waals surface area contributed by atoms with Gasteiger partial charge in [-0.1, -0.05) is 43.0 Å². The van der Waals surface area contributed by atoms with Crippen LogP contribution in [-0.2, 0) is 0 Å². The van der Waals surface area contributed by atoms with Crippen LogP contribution in [0.4, 0.5) is 0 Å². The van der Waals surface area contributed by atoms with Crippen molar-refractivity contribution in [2.75, 3.05) is 0 Å². The summed E-state index contributed by atoms with van der Waals surface area (Å²) in [5, 5.41) is 9.29. The van der Waals surface area contributed by atoms with Gasteiger partial charge >= 0.3 is 0 Å². The van der Waals surface area contributed by atoms with Gasteiger partial charge in [-0.25, -0.2) is 0 Å². The Morgan fingerprint density at radius 3 is 2.67 bits per heavy atom. The molecule has 0 spiro atoms. The average Bonchev–Trinajstić information content (AvgIpc) is 3.35. The van der Waals surface area contributed by atoms with Gasteiger partial charge in [-0.05, 0) is 41.3 Å². The molecule has 0 saturated heterocycles. The van der Waals surface area contributed by atoms with Gasteiger partial charge in [-0.15, -0.1) is 0 Å². The largest absolute Gasteiger partial charge is 0.298 e. The molecule has 0 aliphatic heterocycles. The topological polar surface area (TPSA) is 69.8 Å². The Kier molecular flexibility index (Phi) is 3.54. The molecule has 0 atom stereocenters. The second-order valence-corrected chi connectivity index (χ2v) is 6.10. The number of H-pyrrole nitrogens is 1. The van der Waals surface area contributed by atoms with Crippen molar-refractivity contribution in [3.05, 3.63) is 72.1 Å². The number of fused-ring (bicyclic) bond motifs is 1. The van der Waals surface area contributed by atoms with Crippen LogP contribution in [0, 0.1) is 0 Å². The van der Waals surface area contributed by atoms with Gasteiger partial charge in [-0.2, -0.15) is 5.10 Å². The highest BCUT2D eigenvalue weighted by Gasteiger charge is 2.26. The minimum Gasteiger partial charge on any atom is -0.298 e. The van der Waals surface area contributed by atoms with Gasteiger partial charge in [0, 0.05) is 11.6 Å². The maximum atomic E-state index is 12.2. The number of hydrazine groups is 1. The number of aromatic nitrogens is 2. The van der Waals surface area contributed by atoms with E-state index in [1.165, 1.54) is 18.2 Å². The van der Waals surface area contributed by atoms with Crippen LogP contribution in [0.1, 0.15) is 40.5 Å². The first-order chi connectivity index (χ1) is 11.7. The first-order valence-electron chi connectivity index (χ1n) is 8.00. The van der Waals surface area contributed by atoms with E-state index in [1.807, 2.05) is 42.5 Å². The minimum atomic E-state index is -0.278. The van der Waals surface area contributed by atoms with Crippen molar-refractivity contribution in [1.29, 1.82) is 0 Å². The number of carbonyl (C=O) groups excluding carboxylic acids is 1. The lowest BCUT2D eigenvalue weighted by Crippen LogP contribution is -2.36. The zero-order valence-corrected chi connectivity index (χ0v) is 13.2. The summed E-state index contributed by atoms with van der Waals surface area (Å²) >= 11 is 0. The Labute approximate surface area is 139 Å². The summed E-state index contributed by atoms with van der Waals surface area (Å²) in [5.41, 5.74) is 8.49. The summed E-state index contributed by atoms with van der Waals surface area (Å²) in [6.07, 6.45) is 2.33. The van der Waals surface area contributed by atoms with Crippen molar-refractivity contribution in [3.63, 3.8) is 0 Å². The van der Waals surface area contributed by atoms with Crippen molar-refractivity contribution in [3.8, 4) is 0 Å². The third-order valence-corrected chi connectivity index (χ3v) is 4.27. The van der Waals surface area contributed by atoms with Crippen molar-refractivity contribution in [2.24, 2.45) is 0 Å². The Hall–Kier alpha value is -3.08. The number of hydrogen-bond donors (Lipinski definition) is 3. The van der Waals surface area contributed by atoms with E-state index in [0.717, 1.165) is 16.6 Å². The summed E-state index contributed by atoms with van der Waals surface area (Å²) in [6.45, 7) is 3.99. The molecule has 1 heterocycles. The summed E-state index contributed by atoms with van der Waals surface area (Å²) in [4.78, 5) is 12.2. The zero-order valence-electron chi connectivity index (χ0n) is 13.2. The SMILES string of the molecule is C=C(NNC(=O)c1cc(C2CC2)[nH]n1)c1ccc2ccccc2c1. The van der Waals surface area contributed by atoms with Crippen LogP contribution >= 0.6 is 0 Å². The highest BCUT2D eigenvalue weighted by molar-refractivity contribution is 5.93. The molecule has 4 rings (SSSR count). The second kappa shape index (κ2) is 5.85. The molecule has 3 N–H and O–H groups in total. The quantitative estimate of drug-likeness (QED) is 0.632. The molecule has 0 radical (unpaired) electrons. The van der Waals surface area contributed by atoms with E-state index >= 15 is 0 Å². The number of amides is 1. The van der Waals surface area contributed by atoms with E-state index in [0.29, 0.717) is 17.3 Å². The highest BCUT2D eigenvalue weighted by Crippen LogP contribution is 2.38. The van der Waals surface area contributed by atoms with Gasteiger partial charge in [0.25, 0.3) is 5.91 Å². The minimum absolute atomic E-state index is 0.278. The number of hydrogen-bond acceptors (Lipinski definition) is 3. The predicted molar refractivity (Wildman–Crippen MR) is 94.1 cm³/mol. The number of carbonyl (C=O) groups is 1. The fourth-order valence-corrected chi connectivity index (χ4v) is 2.70. The molecule has 1 fully saturated rings. The van der Waals surface area contributed by atoms with Gasteiger partial charge < -0.3 is 0 Å². The predicted octanol–water partition coefficient (Wildman–Crippen LogP) is 3.35. The average molecular weight is 318 g/mol. The molecule has 1 amide bonds. The molecule has 0 bridgehead atoms. The van der Waals surface area contributed by atoms with Crippen molar-refractivity contribution in [2.45, 2.75) is 18.8 Å². The van der Waals surface area contributed by atoms with Gasteiger partial charge in [0.1, 0.15) is 0 Å². The van der Waals surface area contributed by atoms with Crippen molar-refractivity contribution < 1.29 is 4.79 Å². The Balaban J connectivity index is 1.41. The number of benzene rings is 2. The highest BCUT2D eigenvalue weighted by atomic mass is 16.2. The molecule has 1 aromatic heterocycles. The van der Waals surface area contributed by atoms with Crippen LogP contribution in [0.3, 0.4) is 0 Å². The Bertz CT molecular complexity index is 924. The molecule has 5 heteroatoms. The Morgan fingerprint density at radius 1 is 1.08 bits per heavy atom. The lowest BCUT2D eigenvalue weighted by Gasteiger charge is -2.11. The number of rotatable bonds is 5. The molecular weight excluding hydrogens is 300 g/mol. The third kappa shape index (κ3) is 2.88. The van der Waals surface area contributed by atoms with E-state index in [1.54, 1.807) is 0 Å². The van der Waals surface area contributed by atoms with Gasteiger partial charge in [-0.3, -0.25) is 20.7 Å². The van der Waals surface area contributed by atoms with Crippen molar-refractivity contribution >= 4 is 22.4 Å².